The van der Waals surface area contributed by atoms with E-state index >= 15 is 0 Å². The summed E-state index contributed by atoms with van der Waals surface area (Å²) in [4.78, 5) is 1.38. The predicted molar refractivity (Wildman–Crippen MR) is 244 cm³/mol. The number of rotatable bonds is 19. The summed E-state index contributed by atoms with van der Waals surface area (Å²) >= 11 is 9.55. The van der Waals surface area contributed by atoms with Gasteiger partial charge in [0.15, 0.2) is 0 Å². The molecule has 7 aromatic rings. The number of halogens is 2. The van der Waals surface area contributed by atoms with Gasteiger partial charge in [-0.25, -0.2) is 0 Å². The molecule has 0 fully saturated rings. The Bertz CT molecular complexity index is 2240. The van der Waals surface area contributed by atoms with Crippen LogP contribution in [0.25, 0.3) is 61.4 Å². The van der Waals surface area contributed by atoms with Crippen molar-refractivity contribution >= 4 is 130 Å². The SMILES string of the molecule is CCCCCCCCCCc1cc2cc3cc(-c4sc5cc6cc7[se]c(CCCCCCCCCC)cc7cc6cc5c4I)c(Br)cc3cc2[se]1. The zero-order valence-electron chi connectivity index (χ0n) is 30.5. The molecule has 268 valence electrons. The van der Waals surface area contributed by atoms with E-state index in [4.69, 9.17) is 0 Å². The Labute approximate surface area is 343 Å². The van der Waals surface area contributed by atoms with E-state index in [1.54, 1.807) is 17.4 Å². The summed E-state index contributed by atoms with van der Waals surface area (Å²) in [5, 5.41) is 9.84. The Morgan fingerprint density at radius 3 is 1.53 bits per heavy atom. The molecule has 0 atom stereocenters. The Morgan fingerprint density at radius 1 is 0.510 bits per heavy atom. The zero-order valence-corrected chi connectivity index (χ0v) is 38.5. The summed E-state index contributed by atoms with van der Waals surface area (Å²) in [5.74, 6) is 0. The van der Waals surface area contributed by atoms with Gasteiger partial charge in [-0.05, 0) is 0 Å². The molecule has 5 heteroatoms. The molecular formula is C46H52BrISSe2. The molecule has 0 bridgehead atoms. The number of unbranched alkanes of at least 4 members (excludes halogenated alkanes) is 14. The predicted octanol–water partition coefficient (Wildman–Crippen LogP) is 16.0. The minimum atomic E-state index is 0.477. The molecule has 0 aliphatic heterocycles. The van der Waals surface area contributed by atoms with Crippen molar-refractivity contribution in [2.75, 3.05) is 0 Å². The van der Waals surface area contributed by atoms with Crippen LogP contribution in [0.5, 0.6) is 0 Å². The topological polar surface area (TPSA) is 0 Å². The summed E-state index contributed by atoms with van der Waals surface area (Å²) in [5.41, 5.74) is 1.32. The monoisotopic (exact) mass is 1000 g/mol. The Kier molecular flexibility index (Phi) is 14.0. The van der Waals surface area contributed by atoms with Gasteiger partial charge >= 0.3 is 347 Å². The van der Waals surface area contributed by atoms with E-state index in [1.165, 1.54) is 176 Å². The fourth-order valence-electron chi connectivity index (χ4n) is 7.73. The molecule has 51 heavy (non-hydrogen) atoms. The van der Waals surface area contributed by atoms with Crippen molar-refractivity contribution in [2.45, 2.75) is 129 Å². The first kappa shape index (κ1) is 38.4. The van der Waals surface area contributed by atoms with Gasteiger partial charge in [-0.1, -0.05) is 0 Å². The Hall–Kier alpha value is -0.911. The van der Waals surface area contributed by atoms with E-state index in [1.807, 2.05) is 11.3 Å². The maximum atomic E-state index is 4.02. The van der Waals surface area contributed by atoms with E-state index < -0.39 is 0 Å². The molecule has 3 heterocycles. The van der Waals surface area contributed by atoms with Crippen LogP contribution in [-0.2, 0) is 12.8 Å². The fourth-order valence-corrected chi connectivity index (χ4v) is 15.6. The van der Waals surface area contributed by atoms with Crippen LogP contribution in [0, 0.1) is 3.57 Å². The van der Waals surface area contributed by atoms with Gasteiger partial charge in [0.1, 0.15) is 0 Å². The van der Waals surface area contributed by atoms with Gasteiger partial charge in [-0.2, -0.15) is 0 Å². The maximum absolute atomic E-state index is 4.02. The van der Waals surface area contributed by atoms with E-state index in [-0.39, 0.29) is 0 Å². The second-order valence-corrected chi connectivity index (χ2v) is 22.7. The van der Waals surface area contributed by atoms with Gasteiger partial charge in [-0.3, -0.25) is 0 Å². The van der Waals surface area contributed by atoms with Crippen molar-refractivity contribution in [3.63, 3.8) is 0 Å². The number of fused-ring (bicyclic) bond motifs is 5. The Balaban J connectivity index is 1.06. The summed E-state index contributed by atoms with van der Waals surface area (Å²) < 4.78 is 10.5. The van der Waals surface area contributed by atoms with Gasteiger partial charge < -0.3 is 0 Å². The van der Waals surface area contributed by atoms with E-state index in [0.29, 0.717) is 29.0 Å². The van der Waals surface area contributed by atoms with Crippen molar-refractivity contribution < 1.29 is 0 Å². The molecule has 0 amide bonds. The summed E-state index contributed by atoms with van der Waals surface area (Å²) in [7, 11) is 0. The third-order valence-corrected chi connectivity index (χ3v) is 18.9. The van der Waals surface area contributed by atoms with Crippen LogP contribution in [0.2, 0.25) is 0 Å². The number of benzene rings is 4. The van der Waals surface area contributed by atoms with E-state index in [2.05, 4.69) is 113 Å². The molecule has 0 spiro atoms. The van der Waals surface area contributed by atoms with Gasteiger partial charge in [-0.15, -0.1) is 0 Å². The normalized spacial score (nSPS) is 12.2. The van der Waals surface area contributed by atoms with Crippen molar-refractivity contribution in [1.29, 1.82) is 0 Å². The molecule has 7 rings (SSSR count). The van der Waals surface area contributed by atoms with Gasteiger partial charge in [0.25, 0.3) is 0 Å². The van der Waals surface area contributed by atoms with E-state index in [9.17, 15) is 0 Å². The van der Waals surface area contributed by atoms with Crippen LogP contribution >= 0.6 is 49.9 Å². The molecule has 0 aliphatic carbocycles. The quantitative estimate of drug-likeness (QED) is 0.0430. The molecule has 0 unspecified atom stereocenters. The summed E-state index contributed by atoms with van der Waals surface area (Å²) in [6, 6.07) is 24.7. The van der Waals surface area contributed by atoms with Crippen molar-refractivity contribution in [3.05, 3.63) is 77.6 Å². The molecule has 0 saturated heterocycles. The van der Waals surface area contributed by atoms with Crippen LogP contribution in [0.4, 0.5) is 0 Å². The standard InChI is InChI=1S/C46H52BrISSe2/c1-3-5-7-9-11-13-15-17-19-37-23-35-21-31-25-39(41(47)27-33(31)29-43(35)50-37)46-45(48)40-26-32-22-36-24-38(20-18-16-14-12-10-8-6-4-2)51-44(36)30-34(32)28-42(40)49-46/h21-30H,3-20H2,1-2H3. The first-order chi connectivity index (χ1) is 25.0. The Morgan fingerprint density at radius 2 is 0.980 bits per heavy atom. The van der Waals surface area contributed by atoms with Crippen molar-refractivity contribution in [1.82, 2.24) is 0 Å². The molecule has 3 aromatic heterocycles. The molecule has 0 nitrogen and oxygen atoms in total. The summed E-state index contributed by atoms with van der Waals surface area (Å²) in [6.45, 7) is 4.61. The second-order valence-electron chi connectivity index (χ2n) is 14.8. The number of thiophene rings is 1. The van der Waals surface area contributed by atoms with Gasteiger partial charge in [0, 0.05) is 0 Å². The molecule has 4 aromatic carbocycles. The first-order valence-electron chi connectivity index (χ1n) is 19.7. The van der Waals surface area contributed by atoms with Crippen LogP contribution in [0.15, 0.2) is 65.1 Å². The summed E-state index contributed by atoms with van der Waals surface area (Å²) in [6.07, 6.45) is 24.9. The van der Waals surface area contributed by atoms with Crippen LogP contribution in [0.1, 0.15) is 125 Å². The van der Waals surface area contributed by atoms with Gasteiger partial charge in [0.05, 0.1) is 0 Å². The number of hydrogen-bond acceptors (Lipinski definition) is 1. The van der Waals surface area contributed by atoms with Crippen LogP contribution in [0.3, 0.4) is 0 Å². The van der Waals surface area contributed by atoms with E-state index in [0.717, 1.165) is 0 Å². The van der Waals surface area contributed by atoms with Crippen molar-refractivity contribution in [2.24, 2.45) is 0 Å². The third kappa shape index (κ3) is 9.49. The molecule has 0 aliphatic rings. The molecule has 0 N–H and O–H groups in total. The molecular weight excluding hydrogens is 949 g/mol. The third-order valence-electron chi connectivity index (χ3n) is 10.7. The molecule has 0 radical (unpaired) electrons. The molecule has 0 saturated carbocycles. The second kappa shape index (κ2) is 18.6. The van der Waals surface area contributed by atoms with Crippen molar-refractivity contribution in [3.8, 4) is 10.4 Å². The van der Waals surface area contributed by atoms with Gasteiger partial charge in [0.2, 0.25) is 0 Å². The number of aryl methyl sites for hydroxylation is 2. The zero-order chi connectivity index (χ0) is 35.2. The van der Waals surface area contributed by atoms with Crippen LogP contribution < -0.4 is 0 Å². The fraction of sp³-hybridized carbons (Fsp3) is 0.435. The number of hydrogen-bond donors (Lipinski definition) is 0. The average Bonchev–Trinajstić information content (AvgIpc) is 3.81. The van der Waals surface area contributed by atoms with Crippen LogP contribution in [-0.4, -0.2) is 29.0 Å². The minimum absolute atomic E-state index is 0.477. The first-order valence-corrected chi connectivity index (χ1v) is 25.9. The average molecular weight is 1000 g/mol.